The largest absolute Gasteiger partial charge is 0.695 e. The maximum atomic E-state index is 13.2. The van der Waals surface area contributed by atoms with Gasteiger partial charge in [-0.1, -0.05) is 0 Å². The Morgan fingerprint density at radius 3 is 2.77 bits per heavy atom. The van der Waals surface area contributed by atoms with E-state index in [4.69, 9.17) is 14.7 Å². The molecular formula is C6H11FO5P+. The minimum atomic E-state index is -2.87. The Morgan fingerprint density at radius 2 is 2.31 bits per heavy atom. The second-order valence-electron chi connectivity index (χ2n) is 2.81. The fourth-order valence-corrected chi connectivity index (χ4v) is 1.74. The number of hydrogen-bond acceptors (Lipinski definition) is 4. The standard InChI is InChI=1S/C6H10FO5P/c1-3-5(7)6(12-13(9)10)4(2-8)11-3/h3-6,8H,2H2,1H3/p+1/t3?,4-,5+,6-/m1/s1. The fourth-order valence-electron chi connectivity index (χ4n) is 1.28. The molecule has 1 rings (SSSR count). The summed E-state index contributed by atoms with van der Waals surface area (Å²) >= 11 is 0. The van der Waals surface area contributed by atoms with Crippen LogP contribution in [0.3, 0.4) is 0 Å². The minimum Gasteiger partial charge on any atom is -0.394 e. The molecule has 0 radical (unpaired) electrons. The lowest BCUT2D eigenvalue weighted by Gasteiger charge is -2.09. The third-order valence-corrected chi connectivity index (χ3v) is 2.33. The van der Waals surface area contributed by atoms with E-state index in [0.29, 0.717) is 0 Å². The molecule has 2 unspecified atom stereocenters. The predicted molar refractivity (Wildman–Crippen MR) is 41.0 cm³/mol. The summed E-state index contributed by atoms with van der Waals surface area (Å²) in [7, 11) is -2.87. The Hall–Kier alpha value is -0.130. The van der Waals surface area contributed by atoms with E-state index in [9.17, 15) is 8.96 Å². The van der Waals surface area contributed by atoms with Crippen molar-refractivity contribution in [2.24, 2.45) is 0 Å². The summed E-state index contributed by atoms with van der Waals surface area (Å²) in [5.74, 6) is 0. The molecule has 1 heterocycles. The number of aliphatic hydroxyl groups excluding tert-OH is 1. The zero-order valence-corrected chi connectivity index (χ0v) is 7.86. The number of halogens is 1. The van der Waals surface area contributed by atoms with Crippen molar-refractivity contribution in [3.8, 4) is 0 Å². The van der Waals surface area contributed by atoms with Crippen LogP contribution in [-0.2, 0) is 13.8 Å². The van der Waals surface area contributed by atoms with E-state index in [1.165, 1.54) is 6.92 Å². The lowest BCUT2D eigenvalue weighted by molar-refractivity contribution is -0.0113. The van der Waals surface area contributed by atoms with Crippen molar-refractivity contribution in [3.63, 3.8) is 0 Å². The van der Waals surface area contributed by atoms with Crippen molar-refractivity contribution >= 4 is 8.25 Å². The molecule has 7 heteroatoms. The van der Waals surface area contributed by atoms with Gasteiger partial charge >= 0.3 is 8.25 Å². The summed E-state index contributed by atoms with van der Waals surface area (Å²) in [6, 6.07) is 0. The average molecular weight is 213 g/mol. The molecule has 5 atom stereocenters. The molecule has 1 aliphatic heterocycles. The Labute approximate surface area is 75.4 Å². The van der Waals surface area contributed by atoms with Gasteiger partial charge in [0.05, 0.1) is 12.7 Å². The van der Waals surface area contributed by atoms with Gasteiger partial charge in [-0.3, -0.25) is 0 Å². The predicted octanol–water partition coefficient (Wildman–Crippen LogP) is 0.139. The summed E-state index contributed by atoms with van der Waals surface area (Å²) in [5.41, 5.74) is 0. The van der Waals surface area contributed by atoms with Gasteiger partial charge in [0, 0.05) is 4.57 Å². The molecule has 1 fully saturated rings. The Kier molecular flexibility index (Phi) is 3.70. The van der Waals surface area contributed by atoms with Gasteiger partial charge in [0.2, 0.25) is 0 Å². The number of alkyl halides is 1. The topological polar surface area (TPSA) is 76.0 Å². The molecule has 5 nitrogen and oxygen atoms in total. The Morgan fingerprint density at radius 1 is 1.69 bits per heavy atom. The summed E-state index contributed by atoms with van der Waals surface area (Å²) in [5, 5.41) is 8.74. The smallest absolute Gasteiger partial charge is 0.394 e. The van der Waals surface area contributed by atoms with Gasteiger partial charge in [-0.2, -0.15) is 0 Å². The highest BCUT2D eigenvalue weighted by Crippen LogP contribution is 2.32. The molecule has 0 aromatic rings. The highest BCUT2D eigenvalue weighted by atomic mass is 31.1. The lowest BCUT2D eigenvalue weighted by atomic mass is 10.1. The first kappa shape index (κ1) is 10.9. The van der Waals surface area contributed by atoms with E-state index < -0.39 is 39.3 Å². The van der Waals surface area contributed by atoms with Gasteiger partial charge in [0.15, 0.2) is 12.3 Å². The van der Waals surface area contributed by atoms with E-state index >= 15 is 0 Å². The number of hydrogen-bond donors (Lipinski definition) is 2. The van der Waals surface area contributed by atoms with Crippen LogP contribution < -0.4 is 0 Å². The van der Waals surface area contributed by atoms with Gasteiger partial charge in [-0.05, 0) is 6.92 Å². The highest BCUT2D eigenvalue weighted by Gasteiger charge is 2.48. The second kappa shape index (κ2) is 4.39. The molecule has 0 saturated carbocycles. The zero-order chi connectivity index (χ0) is 10.0. The molecule has 2 N–H and O–H groups in total. The maximum Gasteiger partial charge on any atom is 0.695 e. The molecule has 0 amide bonds. The van der Waals surface area contributed by atoms with Crippen LogP contribution in [0.5, 0.6) is 0 Å². The molecule has 1 aliphatic rings. The molecule has 0 aromatic heterocycles. The lowest BCUT2D eigenvalue weighted by Crippen LogP contribution is -2.32. The van der Waals surface area contributed by atoms with Crippen LogP contribution >= 0.6 is 8.25 Å². The molecule has 1 saturated heterocycles. The summed E-state index contributed by atoms with van der Waals surface area (Å²) in [6.45, 7) is 1.04. The van der Waals surface area contributed by atoms with Crippen molar-refractivity contribution < 1.29 is 28.2 Å². The summed E-state index contributed by atoms with van der Waals surface area (Å²) in [6.07, 6.45) is -4.23. The molecule has 13 heavy (non-hydrogen) atoms. The van der Waals surface area contributed by atoms with Gasteiger partial charge in [-0.25, -0.2) is 4.39 Å². The SMILES string of the molecule is CC1O[C@H](CO)[C@@H](O[P+](=O)O)[C@H]1F. The molecule has 0 bridgehead atoms. The Bertz CT molecular complexity index is 201. The first-order valence-corrected chi connectivity index (χ1v) is 4.92. The van der Waals surface area contributed by atoms with Crippen LogP contribution in [0.4, 0.5) is 4.39 Å². The molecule has 76 valence electrons. The maximum absolute atomic E-state index is 13.2. The minimum absolute atomic E-state index is 0.432. The van der Waals surface area contributed by atoms with Crippen LogP contribution in [0.25, 0.3) is 0 Å². The van der Waals surface area contributed by atoms with Crippen LogP contribution in [0.1, 0.15) is 6.92 Å². The zero-order valence-electron chi connectivity index (χ0n) is 6.96. The summed E-state index contributed by atoms with van der Waals surface area (Å²) < 4.78 is 32.8. The van der Waals surface area contributed by atoms with Gasteiger partial charge in [0.25, 0.3) is 0 Å². The first-order valence-electron chi connectivity index (χ1n) is 3.79. The van der Waals surface area contributed by atoms with E-state index in [1.807, 2.05) is 0 Å². The average Bonchev–Trinajstić information content (AvgIpc) is 2.31. The number of aliphatic hydroxyl groups is 1. The van der Waals surface area contributed by atoms with Crippen molar-refractivity contribution in [1.82, 2.24) is 0 Å². The number of ether oxygens (including phenoxy) is 1. The van der Waals surface area contributed by atoms with Crippen molar-refractivity contribution in [3.05, 3.63) is 0 Å². The second-order valence-corrected chi connectivity index (χ2v) is 3.50. The van der Waals surface area contributed by atoms with Gasteiger partial charge in [0.1, 0.15) is 6.10 Å². The quantitative estimate of drug-likeness (QED) is 0.652. The van der Waals surface area contributed by atoms with Crippen molar-refractivity contribution in [1.29, 1.82) is 0 Å². The number of rotatable bonds is 3. The third-order valence-electron chi connectivity index (χ3n) is 1.91. The molecular weight excluding hydrogens is 202 g/mol. The first-order chi connectivity index (χ1) is 6.06. The van der Waals surface area contributed by atoms with Crippen LogP contribution in [0.15, 0.2) is 0 Å². The summed E-state index contributed by atoms with van der Waals surface area (Å²) in [4.78, 5) is 8.41. The molecule has 0 aliphatic carbocycles. The molecule has 0 aromatic carbocycles. The van der Waals surface area contributed by atoms with E-state index in [2.05, 4.69) is 4.52 Å². The highest BCUT2D eigenvalue weighted by molar-refractivity contribution is 7.32. The van der Waals surface area contributed by atoms with E-state index in [0.717, 1.165) is 0 Å². The Balaban J connectivity index is 2.62. The normalized spacial score (nSPS) is 40.8. The van der Waals surface area contributed by atoms with Crippen LogP contribution in [0, 0.1) is 0 Å². The van der Waals surface area contributed by atoms with Crippen molar-refractivity contribution in [2.75, 3.05) is 6.61 Å². The van der Waals surface area contributed by atoms with Crippen molar-refractivity contribution in [2.45, 2.75) is 31.4 Å². The van der Waals surface area contributed by atoms with E-state index in [1.54, 1.807) is 0 Å². The van der Waals surface area contributed by atoms with E-state index in [-0.39, 0.29) is 0 Å². The van der Waals surface area contributed by atoms with Crippen LogP contribution in [-0.4, -0.2) is 41.1 Å². The fraction of sp³-hybridized carbons (Fsp3) is 1.00. The van der Waals surface area contributed by atoms with Gasteiger partial charge in [-0.15, -0.1) is 9.42 Å². The monoisotopic (exact) mass is 213 g/mol. The van der Waals surface area contributed by atoms with Gasteiger partial charge < -0.3 is 9.84 Å². The van der Waals surface area contributed by atoms with Crippen LogP contribution in [0.2, 0.25) is 0 Å². The third kappa shape index (κ3) is 2.42. The molecule has 0 spiro atoms.